The van der Waals surface area contributed by atoms with Crippen molar-refractivity contribution in [2.75, 3.05) is 0 Å². The van der Waals surface area contributed by atoms with E-state index < -0.39 is 11.9 Å². The number of carbonyl (C=O) groups excluding carboxylic acids is 1. The predicted molar refractivity (Wildman–Crippen MR) is 39.2 cm³/mol. The Kier molecular flexibility index (Phi) is 2.63. The highest BCUT2D eigenvalue weighted by molar-refractivity contribution is 5.84. The maximum atomic E-state index is 10.9. The lowest BCUT2D eigenvalue weighted by atomic mass is 10.0. The first kappa shape index (κ1) is 8.24. The van der Waals surface area contributed by atoms with Crippen LogP contribution in [0.1, 0.15) is 32.1 Å². The Bertz CT molecular complexity index is 174. The van der Waals surface area contributed by atoms with E-state index in [0.29, 0.717) is 12.8 Å². The van der Waals surface area contributed by atoms with Crippen LogP contribution in [-0.4, -0.2) is 16.9 Å². The molecule has 1 aliphatic rings. The summed E-state index contributed by atoms with van der Waals surface area (Å²) in [6, 6.07) is 0. The van der Waals surface area contributed by atoms with Crippen LogP contribution in [0.5, 0.6) is 0 Å². The van der Waals surface area contributed by atoms with E-state index >= 15 is 0 Å². The van der Waals surface area contributed by atoms with E-state index in [2.05, 4.69) is 0 Å². The zero-order chi connectivity index (χ0) is 8.27. The molecule has 1 aliphatic carbocycles. The molecule has 1 fully saturated rings. The fourth-order valence-electron chi connectivity index (χ4n) is 1.40. The van der Waals surface area contributed by atoms with Gasteiger partial charge in [-0.25, -0.2) is 0 Å². The van der Waals surface area contributed by atoms with Crippen molar-refractivity contribution >= 4 is 11.8 Å². The first-order valence-electron chi connectivity index (χ1n) is 3.94. The standard InChI is InChI=1S/C8H12O3/c9-7-4-2-1-3-6(5-7)8(10)11/h6H,1-5H2,(H,10,11)/t6-/m0/s1. The molecular weight excluding hydrogens is 144 g/mol. The van der Waals surface area contributed by atoms with E-state index in [1.165, 1.54) is 0 Å². The van der Waals surface area contributed by atoms with Crippen molar-refractivity contribution in [3.05, 3.63) is 0 Å². The molecule has 3 nitrogen and oxygen atoms in total. The fraction of sp³-hybridized carbons (Fsp3) is 0.750. The molecule has 3 heteroatoms. The van der Waals surface area contributed by atoms with Gasteiger partial charge >= 0.3 is 5.97 Å². The van der Waals surface area contributed by atoms with Crippen molar-refractivity contribution in [3.63, 3.8) is 0 Å². The number of Topliss-reactive ketones (excluding diaryl/α,β-unsaturated/α-hetero) is 1. The molecule has 0 heterocycles. The Hall–Kier alpha value is -0.860. The third-order valence-corrected chi connectivity index (χ3v) is 2.08. The minimum Gasteiger partial charge on any atom is -0.481 e. The number of aliphatic carboxylic acids is 1. The molecule has 0 spiro atoms. The van der Waals surface area contributed by atoms with Gasteiger partial charge < -0.3 is 5.11 Å². The first-order valence-corrected chi connectivity index (χ1v) is 3.94. The molecule has 0 amide bonds. The third-order valence-electron chi connectivity index (χ3n) is 2.08. The van der Waals surface area contributed by atoms with Crippen molar-refractivity contribution in [2.45, 2.75) is 32.1 Å². The van der Waals surface area contributed by atoms with Crippen molar-refractivity contribution in [2.24, 2.45) is 5.92 Å². The SMILES string of the molecule is O=C1CCCC[C@H](C(=O)O)C1. The summed E-state index contributed by atoms with van der Waals surface area (Å²) in [6.45, 7) is 0. The van der Waals surface area contributed by atoms with Crippen LogP contribution in [0.15, 0.2) is 0 Å². The molecule has 11 heavy (non-hydrogen) atoms. The van der Waals surface area contributed by atoms with Crippen LogP contribution in [-0.2, 0) is 9.59 Å². The number of ketones is 1. The van der Waals surface area contributed by atoms with Gasteiger partial charge in [-0.3, -0.25) is 9.59 Å². The smallest absolute Gasteiger partial charge is 0.306 e. The number of hydrogen-bond acceptors (Lipinski definition) is 2. The molecule has 0 bridgehead atoms. The number of carbonyl (C=O) groups is 2. The van der Waals surface area contributed by atoms with E-state index in [9.17, 15) is 9.59 Å². The molecule has 0 aromatic rings. The topological polar surface area (TPSA) is 54.4 Å². The van der Waals surface area contributed by atoms with Gasteiger partial charge in [0.15, 0.2) is 0 Å². The van der Waals surface area contributed by atoms with Crippen molar-refractivity contribution in [1.82, 2.24) is 0 Å². The Morgan fingerprint density at radius 1 is 1.45 bits per heavy atom. The lowest BCUT2D eigenvalue weighted by molar-refractivity contribution is -0.143. The minimum absolute atomic E-state index is 0.106. The summed E-state index contributed by atoms with van der Waals surface area (Å²) in [4.78, 5) is 21.4. The highest BCUT2D eigenvalue weighted by Gasteiger charge is 2.22. The van der Waals surface area contributed by atoms with E-state index in [4.69, 9.17) is 5.11 Å². The zero-order valence-electron chi connectivity index (χ0n) is 6.38. The highest BCUT2D eigenvalue weighted by Crippen LogP contribution is 2.20. The van der Waals surface area contributed by atoms with Crippen LogP contribution in [0.4, 0.5) is 0 Å². The summed E-state index contributed by atoms with van der Waals surface area (Å²) >= 11 is 0. The summed E-state index contributed by atoms with van der Waals surface area (Å²) in [5, 5.41) is 8.63. The number of rotatable bonds is 1. The van der Waals surface area contributed by atoms with Gasteiger partial charge in [0.25, 0.3) is 0 Å². The average molecular weight is 156 g/mol. The second kappa shape index (κ2) is 3.51. The van der Waals surface area contributed by atoms with Gasteiger partial charge in [-0.2, -0.15) is 0 Å². The first-order chi connectivity index (χ1) is 5.20. The van der Waals surface area contributed by atoms with Crippen LogP contribution in [0.3, 0.4) is 0 Å². The van der Waals surface area contributed by atoms with Crippen molar-refractivity contribution in [1.29, 1.82) is 0 Å². The zero-order valence-corrected chi connectivity index (χ0v) is 6.38. The van der Waals surface area contributed by atoms with Crippen molar-refractivity contribution in [3.8, 4) is 0 Å². The summed E-state index contributed by atoms with van der Waals surface area (Å²) < 4.78 is 0. The quantitative estimate of drug-likeness (QED) is 0.581. The molecule has 1 N–H and O–H groups in total. The molecule has 0 unspecified atom stereocenters. The summed E-state index contributed by atoms with van der Waals surface area (Å²) in [6.07, 6.45) is 3.23. The van der Waals surface area contributed by atoms with Crippen molar-refractivity contribution < 1.29 is 14.7 Å². The Labute approximate surface area is 65.4 Å². The molecule has 1 atom stereocenters. The maximum absolute atomic E-state index is 10.9. The number of carboxylic acid groups (broad SMARTS) is 1. The van der Waals surface area contributed by atoms with E-state index in [-0.39, 0.29) is 12.2 Å². The van der Waals surface area contributed by atoms with Gasteiger partial charge in [-0.15, -0.1) is 0 Å². The average Bonchev–Trinajstić information content (AvgIpc) is 2.13. The van der Waals surface area contributed by atoms with E-state index in [0.717, 1.165) is 12.8 Å². The summed E-state index contributed by atoms with van der Waals surface area (Å²) in [5.74, 6) is -1.12. The summed E-state index contributed by atoms with van der Waals surface area (Å²) in [7, 11) is 0. The van der Waals surface area contributed by atoms with E-state index in [1.54, 1.807) is 0 Å². The van der Waals surface area contributed by atoms with Gasteiger partial charge in [0.2, 0.25) is 0 Å². The largest absolute Gasteiger partial charge is 0.481 e. The number of carboxylic acids is 1. The second-order valence-corrected chi connectivity index (χ2v) is 3.02. The molecule has 1 rings (SSSR count). The van der Waals surface area contributed by atoms with Crippen LogP contribution < -0.4 is 0 Å². The highest BCUT2D eigenvalue weighted by atomic mass is 16.4. The van der Waals surface area contributed by atoms with Crippen LogP contribution in [0.25, 0.3) is 0 Å². The fourth-order valence-corrected chi connectivity index (χ4v) is 1.40. The van der Waals surface area contributed by atoms with Crippen LogP contribution >= 0.6 is 0 Å². The predicted octanol–water partition coefficient (Wildman–Crippen LogP) is 1.22. The molecule has 0 radical (unpaired) electrons. The molecule has 0 aliphatic heterocycles. The normalized spacial score (nSPS) is 26.2. The molecule has 0 aromatic heterocycles. The van der Waals surface area contributed by atoms with Gasteiger partial charge in [0.1, 0.15) is 5.78 Å². The van der Waals surface area contributed by atoms with Gasteiger partial charge in [-0.1, -0.05) is 6.42 Å². The van der Waals surface area contributed by atoms with Crippen LogP contribution in [0.2, 0.25) is 0 Å². The third kappa shape index (κ3) is 2.33. The monoisotopic (exact) mass is 156 g/mol. The number of hydrogen-bond donors (Lipinski definition) is 1. The summed E-state index contributed by atoms with van der Waals surface area (Å²) in [5.41, 5.74) is 0. The van der Waals surface area contributed by atoms with Gasteiger partial charge in [0, 0.05) is 12.8 Å². The van der Waals surface area contributed by atoms with E-state index in [1.807, 2.05) is 0 Å². The van der Waals surface area contributed by atoms with Gasteiger partial charge in [0.05, 0.1) is 5.92 Å². The Morgan fingerprint density at radius 3 is 2.82 bits per heavy atom. The molecule has 0 aromatic carbocycles. The Morgan fingerprint density at radius 2 is 2.18 bits per heavy atom. The molecule has 1 saturated carbocycles. The Balaban J connectivity index is 2.52. The molecule has 0 saturated heterocycles. The lowest BCUT2D eigenvalue weighted by Gasteiger charge is -2.05. The molecular formula is C8H12O3. The van der Waals surface area contributed by atoms with Crippen LogP contribution in [0, 0.1) is 5.92 Å². The van der Waals surface area contributed by atoms with Gasteiger partial charge in [-0.05, 0) is 12.8 Å². The minimum atomic E-state index is -0.819. The lowest BCUT2D eigenvalue weighted by Crippen LogP contribution is -2.15. The maximum Gasteiger partial charge on any atom is 0.306 e. The second-order valence-electron chi connectivity index (χ2n) is 3.02. The molecule has 62 valence electrons.